The average Bonchev–Trinajstić information content (AvgIpc) is 3.16. The van der Waals surface area contributed by atoms with Crippen LogP contribution in [0.4, 0.5) is 16.5 Å². The monoisotopic (exact) mass is 406 g/mol. The SMILES string of the molecule is Cc1ccc(Nc2nc(COC(=O)c3ccc(NC(=O)CC#N)cc3)cs2)cc1. The number of anilines is 3. The molecule has 0 bridgehead atoms. The number of thiazole rings is 1. The van der Waals surface area contributed by atoms with Crippen molar-refractivity contribution in [1.29, 1.82) is 5.26 Å². The van der Waals surface area contributed by atoms with Gasteiger partial charge in [0.15, 0.2) is 5.13 Å². The Morgan fingerprint density at radius 3 is 2.48 bits per heavy atom. The Morgan fingerprint density at radius 1 is 1.10 bits per heavy atom. The predicted octanol–water partition coefficient (Wildman–Crippen LogP) is 4.40. The molecule has 1 heterocycles. The van der Waals surface area contributed by atoms with Crippen molar-refractivity contribution in [2.45, 2.75) is 20.0 Å². The summed E-state index contributed by atoms with van der Waals surface area (Å²) in [5.74, 6) is -0.887. The lowest BCUT2D eigenvalue weighted by Gasteiger charge is -2.06. The van der Waals surface area contributed by atoms with E-state index < -0.39 is 11.9 Å². The van der Waals surface area contributed by atoms with E-state index in [4.69, 9.17) is 10.00 Å². The first-order valence-corrected chi connectivity index (χ1v) is 9.63. The molecule has 0 atom stereocenters. The molecule has 0 aliphatic heterocycles. The summed E-state index contributed by atoms with van der Waals surface area (Å²) in [6, 6.07) is 16.0. The van der Waals surface area contributed by atoms with Gasteiger partial charge in [-0.25, -0.2) is 9.78 Å². The van der Waals surface area contributed by atoms with E-state index in [1.165, 1.54) is 16.9 Å². The van der Waals surface area contributed by atoms with Gasteiger partial charge in [-0.1, -0.05) is 17.7 Å². The number of rotatable bonds is 7. The molecule has 3 rings (SSSR count). The van der Waals surface area contributed by atoms with Gasteiger partial charge in [-0.2, -0.15) is 5.26 Å². The van der Waals surface area contributed by atoms with Crippen molar-refractivity contribution in [3.63, 3.8) is 0 Å². The van der Waals surface area contributed by atoms with Gasteiger partial charge in [0, 0.05) is 16.8 Å². The zero-order chi connectivity index (χ0) is 20.6. The molecule has 1 aromatic heterocycles. The van der Waals surface area contributed by atoms with Crippen LogP contribution in [0.3, 0.4) is 0 Å². The number of nitrogens with zero attached hydrogens (tertiary/aromatic N) is 2. The van der Waals surface area contributed by atoms with E-state index in [1.807, 2.05) is 36.6 Å². The van der Waals surface area contributed by atoms with Crippen LogP contribution in [0, 0.1) is 18.3 Å². The van der Waals surface area contributed by atoms with Crippen molar-refractivity contribution in [2.75, 3.05) is 10.6 Å². The first kappa shape index (κ1) is 20.0. The second-order valence-corrected chi connectivity index (χ2v) is 7.03. The van der Waals surface area contributed by atoms with Gasteiger partial charge in [-0.3, -0.25) is 4.79 Å². The minimum atomic E-state index is -0.485. The number of benzene rings is 2. The number of nitriles is 1. The van der Waals surface area contributed by atoms with E-state index in [2.05, 4.69) is 15.6 Å². The molecule has 0 spiro atoms. The number of carbonyl (C=O) groups is 2. The number of esters is 1. The molecule has 3 aromatic rings. The molecule has 7 nitrogen and oxygen atoms in total. The largest absolute Gasteiger partial charge is 0.456 e. The average molecular weight is 406 g/mol. The van der Waals surface area contributed by atoms with Crippen LogP contribution in [0.2, 0.25) is 0 Å². The Bertz CT molecular complexity index is 1040. The van der Waals surface area contributed by atoms with Crippen molar-refractivity contribution in [1.82, 2.24) is 4.98 Å². The van der Waals surface area contributed by atoms with Gasteiger partial charge in [0.1, 0.15) is 13.0 Å². The maximum absolute atomic E-state index is 12.2. The van der Waals surface area contributed by atoms with Crippen LogP contribution in [0.25, 0.3) is 0 Å². The van der Waals surface area contributed by atoms with Crippen molar-refractivity contribution in [2.24, 2.45) is 0 Å². The van der Waals surface area contributed by atoms with Gasteiger partial charge in [0.05, 0.1) is 17.3 Å². The fraction of sp³-hybridized carbons (Fsp3) is 0.143. The fourth-order valence-electron chi connectivity index (χ4n) is 2.38. The Kier molecular flexibility index (Phi) is 6.55. The van der Waals surface area contributed by atoms with Gasteiger partial charge in [0.2, 0.25) is 5.91 Å². The first-order chi connectivity index (χ1) is 14.0. The Labute approximate surface area is 172 Å². The molecule has 2 aromatic carbocycles. The van der Waals surface area contributed by atoms with E-state index in [9.17, 15) is 9.59 Å². The van der Waals surface area contributed by atoms with Gasteiger partial charge in [0.25, 0.3) is 0 Å². The number of amides is 1. The lowest BCUT2D eigenvalue weighted by atomic mass is 10.2. The highest BCUT2D eigenvalue weighted by atomic mass is 32.1. The number of aryl methyl sites for hydroxylation is 1. The minimum absolute atomic E-state index is 0.0611. The van der Waals surface area contributed by atoms with Crippen LogP contribution < -0.4 is 10.6 Å². The molecule has 0 aliphatic rings. The summed E-state index contributed by atoms with van der Waals surface area (Å²) < 4.78 is 5.30. The number of nitrogens with one attached hydrogen (secondary N) is 2. The maximum Gasteiger partial charge on any atom is 0.338 e. The molecular formula is C21H18N4O3S. The number of ether oxygens (including phenoxy) is 1. The molecule has 2 N–H and O–H groups in total. The molecule has 0 aliphatic carbocycles. The van der Waals surface area contributed by atoms with Crippen molar-refractivity contribution in [3.05, 3.63) is 70.7 Å². The van der Waals surface area contributed by atoms with Crippen LogP contribution in [0.1, 0.15) is 28.0 Å². The van der Waals surface area contributed by atoms with Crippen molar-refractivity contribution in [3.8, 4) is 6.07 Å². The zero-order valence-electron chi connectivity index (χ0n) is 15.6. The molecule has 1 amide bonds. The number of hydrogen-bond donors (Lipinski definition) is 2. The second-order valence-electron chi connectivity index (χ2n) is 6.17. The minimum Gasteiger partial charge on any atom is -0.456 e. The molecule has 8 heteroatoms. The van der Waals surface area contributed by atoms with Crippen molar-refractivity contribution < 1.29 is 14.3 Å². The molecule has 0 unspecified atom stereocenters. The van der Waals surface area contributed by atoms with Crippen LogP contribution >= 0.6 is 11.3 Å². The molecular weight excluding hydrogens is 388 g/mol. The number of hydrogen-bond acceptors (Lipinski definition) is 7. The van der Waals surface area contributed by atoms with Crippen LogP contribution in [-0.2, 0) is 16.1 Å². The number of carbonyl (C=O) groups excluding carboxylic acids is 2. The maximum atomic E-state index is 12.2. The van der Waals surface area contributed by atoms with E-state index in [-0.39, 0.29) is 13.0 Å². The molecule has 0 saturated carbocycles. The predicted molar refractivity (Wildman–Crippen MR) is 111 cm³/mol. The van der Waals surface area contributed by atoms with Gasteiger partial charge < -0.3 is 15.4 Å². The lowest BCUT2D eigenvalue weighted by molar-refractivity contribution is -0.115. The van der Waals surface area contributed by atoms with Gasteiger partial charge in [-0.05, 0) is 43.3 Å². The summed E-state index contributed by atoms with van der Waals surface area (Å²) in [7, 11) is 0. The summed E-state index contributed by atoms with van der Waals surface area (Å²) in [5.41, 5.74) is 3.64. The summed E-state index contributed by atoms with van der Waals surface area (Å²) in [6.07, 6.45) is -0.224. The molecule has 0 saturated heterocycles. The van der Waals surface area contributed by atoms with Gasteiger partial charge >= 0.3 is 5.97 Å². The Hall–Kier alpha value is -3.70. The molecule has 0 fully saturated rings. The third-order valence-corrected chi connectivity index (χ3v) is 4.66. The summed E-state index contributed by atoms with van der Waals surface area (Å²) in [4.78, 5) is 28.0. The highest BCUT2D eigenvalue weighted by Gasteiger charge is 2.10. The third kappa shape index (κ3) is 5.89. The highest BCUT2D eigenvalue weighted by molar-refractivity contribution is 7.13. The standard InChI is InChI=1S/C21H18N4O3S/c1-14-2-6-17(7-3-14)24-21-25-18(13-29-21)12-28-20(27)15-4-8-16(9-5-15)23-19(26)10-11-22/h2-9,13H,10,12H2,1H3,(H,23,26)(H,24,25). The topological polar surface area (TPSA) is 104 Å². The van der Waals surface area contributed by atoms with Crippen LogP contribution in [0.5, 0.6) is 0 Å². The quantitative estimate of drug-likeness (QED) is 0.564. The second kappa shape index (κ2) is 9.48. The zero-order valence-corrected chi connectivity index (χ0v) is 16.5. The fourth-order valence-corrected chi connectivity index (χ4v) is 3.10. The Morgan fingerprint density at radius 2 is 1.79 bits per heavy atom. The van der Waals surface area contributed by atoms with Gasteiger partial charge in [-0.15, -0.1) is 11.3 Å². The lowest BCUT2D eigenvalue weighted by Crippen LogP contribution is -2.10. The third-order valence-electron chi connectivity index (χ3n) is 3.85. The highest BCUT2D eigenvalue weighted by Crippen LogP contribution is 2.22. The van der Waals surface area contributed by atoms with Crippen molar-refractivity contribution >= 4 is 39.7 Å². The van der Waals surface area contributed by atoms with E-state index >= 15 is 0 Å². The van der Waals surface area contributed by atoms with E-state index in [1.54, 1.807) is 30.3 Å². The van der Waals surface area contributed by atoms with E-state index in [0.29, 0.717) is 16.9 Å². The molecule has 146 valence electrons. The molecule has 29 heavy (non-hydrogen) atoms. The number of aromatic nitrogens is 1. The summed E-state index contributed by atoms with van der Waals surface area (Å²) >= 11 is 1.43. The smallest absolute Gasteiger partial charge is 0.338 e. The Balaban J connectivity index is 1.51. The van der Waals surface area contributed by atoms with E-state index in [0.717, 1.165) is 10.8 Å². The summed E-state index contributed by atoms with van der Waals surface area (Å²) in [5, 5.41) is 16.8. The van der Waals surface area contributed by atoms with Crippen LogP contribution in [-0.4, -0.2) is 16.9 Å². The molecule has 0 radical (unpaired) electrons. The summed E-state index contributed by atoms with van der Waals surface area (Å²) in [6.45, 7) is 2.09. The van der Waals surface area contributed by atoms with Crippen LogP contribution in [0.15, 0.2) is 53.9 Å². The first-order valence-electron chi connectivity index (χ1n) is 8.75. The normalized spacial score (nSPS) is 10.1.